The van der Waals surface area contributed by atoms with Gasteiger partial charge in [0.25, 0.3) is 0 Å². The average Bonchev–Trinajstić information content (AvgIpc) is 3.26. The molecule has 0 amide bonds. The monoisotopic (exact) mass is 473 g/mol. The number of guanidine groups is 1. The fourth-order valence-corrected chi connectivity index (χ4v) is 4.52. The van der Waals surface area contributed by atoms with E-state index in [0.29, 0.717) is 0 Å². The Bertz CT molecular complexity index is 616. The summed E-state index contributed by atoms with van der Waals surface area (Å²) in [6, 6.07) is 12.8. The topological polar surface area (TPSA) is 27.6 Å². The molecule has 0 spiro atoms. The summed E-state index contributed by atoms with van der Waals surface area (Å²) < 4.78 is 0. The molecule has 2 aromatic rings. The summed E-state index contributed by atoms with van der Waals surface area (Å²) in [6.45, 7) is 3.06. The molecule has 6 heteroatoms. The minimum absolute atomic E-state index is 0. The SMILES string of the molecule is CN=C(NCc1ccsc1)N1CCC(CSc2ccccc2)C1.I. The number of benzene rings is 1. The first kappa shape index (κ1) is 19.6. The third-order valence-electron chi connectivity index (χ3n) is 4.06. The van der Waals surface area contributed by atoms with Crippen LogP contribution < -0.4 is 5.32 Å². The highest BCUT2D eigenvalue weighted by molar-refractivity contribution is 14.0. The summed E-state index contributed by atoms with van der Waals surface area (Å²) in [5.41, 5.74) is 1.33. The van der Waals surface area contributed by atoms with Crippen LogP contribution in [0.25, 0.3) is 0 Å². The van der Waals surface area contributed by atoms with Gasteiger partial charge in [-0.2, -0.15) is 11.3 Å². The standard InChI is InChI=1S/C18H23N3S2.HI/c1-19-18(20-11-15-8-10-22-13-15)21-9-7-16(12-21)14-23-17-5-3-2-4-6-17;/h2-6,8,10,13,16H,7,9,11-12,14H2,1H3,(H,19,20);1H. The van der Waals surface area contributed by atoms with Crippen molar-refractivity contribution in [2.45, 2.75) is 17.9 Å². The highest BCUT2D eigenvalue weighted by Gasteiger charge is 2.24. The molecule has 1 aliphatic heterocycles. The smallest absolute Gasteiger partial charge is 0.193 e. The molecule has 0 saturated carbocycles. The second kappa shape index (κ2) is 10.3. The van der Waals surface area contributed by atoms with Crippen LogP contribution in [0.2, 0.25) is 0 Å². The number of halogens is 1. The molecule has 3 rings (SSSR count). The van der Waals surface area contributed by atoms with Gasteiger partial charge in [0, 0.05) is 37.3 Å². The van der Waals surface area contributed by atoms with E-state index in [4.69, 9.17) is 0 Å². The summed E-state index contributed by atoms with van der Waals surface area (Å²) in [7, 11) is 1.88. The molecule has 1 aromatic carbocycles. The molecule has 3 nitrogen and oxygen atoms in total. The lowest BCUT2D eigenvalue weighted by Gasteiger charge is -2.21. The van der Waals surface area contributed by atoms with Gasteiger partial charge in [-0.1, -0.05) is 18.2 Å². The number of hydrogen-bond donors (Lipinski definition) is 1. The van der Waals surface area contributed by atoms with Crippen molar-refractivity contribution in [1.82, 2.24) is 10.2 Å². The molecule has 1 aliphatic rings. The Morgan fingerprint density at radius 2 is 2.17 bits per heavy atom. The predicted molar refractivity (Wildman–Crippen MR) is 117 cm³/mol. The van der Waals surface area contributed by atoms with Crippen molar-refractivity contribution in [3.63, 3.8) is 0 Å². The van der Waals surface area contributed by atoms with E-state index in [9.17, 15) is 0 Å². The Morgan fingerprint density at radius 3 is 2.88 bits per heavy atom. The van der Waals surface area contributed by atoms with E-state index < -0.39 is 0 Å². The third-order valence-corrected chi connectivity index (χ3v) is 6.03. The van der Waals surface area contributed by atoms with E-state index >= 15 is 0 Å². The molecule has 1 atom stereocenters. The molecule has 2 heterocycles. The van der Waals surface area contributed by atoms with E-state index in [2.05, 4.69) is 62.4 Å². The zero-order chi connectivity index (χ0) is 15.9. The molecule has 1 fully saturated rings. The number of thioether (sulfide) groups is 1. The van der Waals surface area contributed by atoms with Gasteiger partial charge in [0.05, 0.1) is 0 Å². The van der Waals surface area contributed by atoms with Crippen LogP contribution >= 0.6 is 47.1 Å². The Balaban J connectivity index is 0.00000208. The van der Waals surface area contributed by atoms with Crippen molar-refractivity contribution < 1.29 is 0 Å². The fourth-order valence-electron chi connectivity index (χ4n) is 2.80. The largest absolute Gasteiger partial charge is 0.352 e. The Hall–Kier alpha value is -0.730. The predicted octanol–water partition coefficient (Wildman–Crippen LogP) is 4.56. The lowest BCUT2D eigenvalue weighted by atomic mass is 10.2. The number of nitrogens with one attached hydrogen (secondary N) is 1. The van der Waals surface area contributed by atoms with E-state index in [1.54, 1.807) is 11.3 Å². The molecule has 0 radical (unpaired) electrons. The molecular weight excluding hydrogens is 449 g/mol. The number of hydrogen-bond acceptors (Lipinski definition) is 3. The maximum atomic E-state index is 4.45. The van der Waals surface area contributed by atoms with Crippen LogP contribution in [0.3, 0.4) is 0 Å². The zero-order valence-corrected chi connectivity index (χ0v) is 17.8. The van der Waals surface area contributed by atoms with Gasteiger partial charge < -0.3 is 10.2 Å². The van der Waals surface area contributed by atoms with Crippen LogP contribution in [0.1, 0.15) is 12.0 Å². The summed E-state index contributed by atoms with van der Waals surface area (Å²) in [5.74, 6) is 2.95. The molecule has 24 heavy (non-hydrogen) atoms. The summed E-state index contributed by atoms with van der Waals surface area (Å²) >= 11 is 3.70. The van der Waals surface area contributed by atoms with Gasteiger partial charge in [0.2, 0.25) is 0 Å². The molecule has 1 N–H and O–H groups in total. The van der Waals surface area contributed by atoms with Crippen LogP contribution in [0, 0.1) is 5.92 Å². The highest BCUT2D eigenvalue weighted by Crippen LogP contribution is 2.25. The maximum absolute atomic E-state index is 4.45. The number of likely N-dealkylation sites (tertiary alicyclic amines) is 1. The molecule has 1 unspecified atom stereocenters. The van der Waals surface area contributed by atoms with Gasteiger partial charge in [-0.25, -0.2) is 0 Å². The van der Waals surface area contributed by atoms with Crippen molar-refractivity contribution in [3.05, 3.63) is 52.7 Å². The number of thiophene rings is 1. The first-order valence-corrected chi connectivity index (χ1v) is 9.92. The Morgan fingerprint density at radius 1 is 1.33 bits per heavy atom. The van der Waals surface area contributed by atoms with Crippen molar-refractivity contribution in [1.29, 1.82) is 0 Å². The van der Waals surface area contributed by atoms with E-state index in [1.807, 2.05) is 18.8 Å². The van der Waals surface area contributed by atoms with E-state index in [-0.39, 0.29) is 24.0 Å². The number of nitrogens with zero attached hydrogens (tertiary/aromatic N) is 2. The lowest BCUT2D eigenvalue weighted by molar-refractivity contribution is 0.474. The van der Waals surface area contributed by atoms with E-state index in [1.165, 1.54) is 22.6 Å². The highest BCUT2D eigenvalue weighted by atomic mass is 127. The second-order valence-electron chi connectivity index (χ2n) is 5.76. The molecular formula is C18H24IN3S2. The van der Waals surface area contributed by atoms with Crippen molar-refractivity contribution >= 4 is 53.0 Å². The lowest BCUT2D eigenvalue weighted by Crippen LogP contribution is -2.39. The first-order valence-electron chi connectivity index (χ1n) is 7.99. The van der Waals surface area contributed by atoms with Gasteiger partial charge in [0.15, 0.2) is 5.96 Å². The quantitative estimate of drug-likeness (QED) is 0.299. The normalized spacial score (nSPS) is 17.6. The molecule has 0 bridgehead atoms. The van der Waals surface area contributed by atoms with Crippen LogP contribution in [0.15, 0.2) is 57.0 Å². The third kappa shape index (κ3) is 5.67. The minimum Gasteiger partial charge on any atom is -0.352 e. The molecule has 130 valence electrons. The van der Waals surface area contributed by atoms with Gasteiger partial charge >= 0.3 is 0 Å². The minimum atomic E-state index is 0. The molecule has 1 aromatic heterocycles. The first-order chi connectivity index (χ1) is 11.3. The second-order valence-corrected chi connectivity index (χ2v) is 7.63. The van der Waals surface area contributed by atoms with Gasteiger partial charge in [-0.15, -0.1) is 35.7 Å². The van der Waals surface area contributed by atoms with Gasteiger partial charge in [-0.05, 0) is 46.9 Å². The average molecular weight is 473 g/mol. The van der Waals surface area contributed by atoms with Crippen LogP contribution in [-0.2, 0) is 6.54 Å². The maximum Gasteiger partial charge on any atom is 0.193 e. The number of rotatable bonds is 5. The van der Waals surface area contributed by atoms with Crippen molar-refractivity contribution in [2.24, 2.45) is 10.9 Å². The van der Waals surface area contributed by atoms with Crippen molar-refractivity contribution in [3.8, 4) is 0 Å². The van der Waals surface area contributed by atoms with Crippen LogP contribution in [-0.4, -0.2) is 36.7 Å². The Kier molecular flexibility index (Phi) is 8.41. The summed E-state index contributed by atoms with van der Waals surface area (Å²) in [6.07, 6.45) is 1.25. The van der Waals surface area contributed by atoms with E-state index in [0.717, 1.165) is 31.5 Å². The fraction of sp³-hybridized carbons (Fsp3) is 0.389. The zero-order valence-electron chi connectivity index (χ0n) is 13.9. The van der Waals surface area contributed by atoms with Crippen molar-refractivity contribution in [2.75, 3.05) is 25.9 Å². The van der Waals surface area contributed by atoms with Crippen LogP contribution in [0.5, 0.6) is 0 Å². The molecule has 1 saturated heterocycles. The Labute approximate surface area is 170 Å². The van der Waals surface area contributed by atoms with Gasteiger partial charge in [0.1, 0.15) is 0 Å². The van der Waals surface area contributed by atoms with Gasteiger partial charge in [-0.3, -0.25) is 4.99 Å². The molecule has 0 aliphatic carbocycles. The summed E-state index contributed by atoms with van der Waals surface area (Å²) in [4.78, 5) is 8.21. The van der Waals surface area contributed by atoms with Crippen LogP contribution in [0.4, 0.5) is 0 Å². The number of aliphatic imine (C=N–C) groups is 1. The summed E-state index contributed by atoms with van der Waals surface area (Å²) in [5, 5.41) is 7.79.